The third-order valence-corrected chi connectivity index (χ3v) is 7.35. The Balaban J connectivity index is 1.49. The number of ether oxygens (including phenoxy) is 1. The summed E-state index contributed by atoms with van der Waals surface area (Å²) >= 11 is 1.66. The Morgan fingerprint density at radius 1 is 1.03 bits per heavy atom. The van der Waals surface area contributed by atoms with Crippen molar-refractivity contribution in [3.05, 3.63) is 71.0 Å². The van der Waals surface area contributed by atoms with Gasteiger partial charge in [0.2, 0.25) is 0 Å². The van der Waals surface area contributed by atoms with E-state index in [1.807, 2.05) is 12.1 Å². The highest BCUT2D eigenvalue weighted by atomic mass is 32.2. The highest BCUT2D eigenvalue weighted by Gasteiger charge is 2.20. The largest absolute Gasteiger partial charge is 0.508 e. The summed E-state index contributed by atoms with van der Waals surface area (Å²) in [6.07, 6.45) is 10.3. The number of phenols is 1. The van der Waals surface area contributed by atoms with Gasteiger partial charge in [0.15, 0.2) is 5.82 Å². The Labute approximate surface area is 212 Å². The number of methoxy groups -OCH3 is 1. The van der Waals surface area contributed by atoms with Crippen LogP contribution >= 0.6 is 11.8 Å². The molecule has 3 rings (SSSR count). The third-order valence-electron chi connectivity index (χ3n) is 6.09. The van der Waals surface area contributed by atoms with E-state index in [1.54, 1.807) is 17.8 Å². The molecule has 8 heteroatoms. The van der Waals surface area contributed by atoms with Gasteiger partial charge in [-0.25, -0.2) is 0 Å². The van der Waals surface area contributed by atoms with Crippen molar-refractivity contribution in [3.8, 4) is 5.75 Å². The average Bonchev–Trinajstić information content (AvgIpc) is 3.39. The lowest BCUT2D eigenvalue weighted by Crippen LogP contribution is -2.08. The standard InChI is InChI=1S/C27H36N4O3S/c1-34-27(33)17-18-35-25(20-26-28-30-31-29-26)24-19-23(32)16-15-22(24)14-10-5-3-2-4-7-11-21-12-8-6-9-13-21/h6,8-9,12-13,15-16,19,25,32H,2-5,7,10-11,14,17-18,20H2,1H3,(H,28,29,30,31)/t25-/m1/s1. The first-order chi connectivity index (χ1) is 17.2. The molecule has 188 valence electrons. The number of hydrogen-bond donors (Lipinski definition) is 2. The second-order valence-corrected chi connectivity index (χ2v) is 10.0. The van der Waals surface area contributed by atoms with Gasteiger partial charge in [0.1, 0.15) is 5.75 Å². The molecule has 2 aromatic carbocycles. The number of aromatic amines is 1. The number of hydrogen-bond acceptors (Lipinski definition) is 7. The Bertz CT molecular complexity index is 999. The van der Waals surface area contributed by atoms with Gasteiger partial charge in [0.25, 0.3) is 0 Å². The van der Waals surface area contributed by atoms with E-state index < -0.39 is 0 Å². The predicted octanol–water partition coefficient (Wildman–Crippen LogP) is 5.61. The number of aryl methyl sites for hydroxylation is 2. The molecular formula is C27H36N4O3S. The zero-order chi connectivity index (χ0) is 24.7. The van der Waals surface area contributed by atoms with Crippen molar-refractivity contribution in [1.82, 2.24) is 20.6 Å². The van der Waals surface area contributed by atoms with E-state index in [4.69, 9.17) is 4.74 Å². The van der Waals surface area contributed by atoms with E-state index in [9.17, 15) is 9.90 Å². The molecule has 0 radical (unpaired) electrons. The molecule has 1 heterocycles. The van der Waals surface area contributed by atoms with Crippen LogP contribution in [-0.4, -0.2) is 44.6 Å². The van der Waals surface area contributed by atoms with Crippen LogP contribution in [0.3, 0.4) is 0 Å². The molecule has 0 saturated carbocycles. The minimum Gasteiger partial charge on any atom is -0.508 e. The van der Waals surface area contributed by atoms with Gasteiger partial charge in [-0.15, -0.1) is 10.2 Å². The topological polar surface area (TPSA) is 101 Å². The van der Waals surface area contributed by atoms with Crippen LogP contribution in [0.25, 0.3) is 0 Å². The number of H-pyrrole nitrogens is 1. The Morgan fingerprint density at radius 3 is 2.49 bits per heavy atom. The molecule has 0 bridgehead atoms. The van der Waals surface area contributed by atoms with Gasteiger partial charge in [0.05, 0.1) is 13.5 Å². The lowest BCUT2D eigenvalue weighted by molar-refractivity contribution is -0.140. The zero-order valence-corrected chi connectivity index (χ0v) is 21.3. The molecule has 35 heavy (non-hydrogen) atoms. The maximum Gasteiger partial charge on any atom is 0.306 e. The first kappa shape index (κ1) is 26.7. The number of carbonyl (C=O) groups is 1. The summed E-state index contributed by atoms with van der Waals surface area (Å²) in [6.45, 7) is 0. The van der Waals surface area contributed by atoms with E-state index in [2.05, 4.69) is 51.0 Å². The molecule has 3 aromatic rings. The molecule has 0 unspecified atom stereocenters. The number of nitrogens with zero attached hydrogens (tertiary/aromatic N) is 3. The van der Waals surface area contributed by atoms with Crippen molar-refractivity contribution >= 4 is 17.7 Å². The van der Waals surface area contributed by atoms with Gasteiger partial charge in [-0.2, -0.15) is 17.0 Å². The minimum absolute atomic E-state index is 0.0114. The second-order valence-electron chi connectivity index (χ2n) is 8.71. The number of rotatable bonds is 16. The molecule has 0 aliphatic rings. The summed E-state index contributed by atoms with van der Waals surface area (Å²) in [7, 11) is 1.40. The Hall–Kier alpha value is -2.87. The number of thioether (sulfide) groups is 1. The van der Waals surface area contributed by atoms with Crippen molar-refractivity contribution < 1.29 is 14.6 Å². The van der Waals surface area contributed by atoms with E-state index in [0.717, 1.165) is 24.8 Å². The van der Waals surface area contributed by atoms with Crippen LogP contribution in [-0.2, 0) is 28.8 Å². The molecule has 0 aliphatic carbocycles. The van der Waals surface area contributed by atoms with E-state index in [1.165, 1.54) is 50.3 Å². The fourth-order valence-electron chi connectivity index (χ4n) is 4.19. The predicted molar refractivity (Wildman–Crippen MR) is 139 cm³/mol. The summed E-state index contributed by atoms with van der Waals surface area (Å²) < 4.78 is 4.78. The SMILES string of the molecule is COC(=O)CCS[C@H](Cc1nn[nH]n1)c1cc(O)ccc1CCCCCCCCc1ccccc1. The van der Waals surface area contributed by atoms with Crippen LogP contribution in [0, 0.1) is 0 Å². The number of carbonyl (C=O) groups excluding carboxylic acids is 1. The van der Waals surface area contributed by atoms with Crippen LogP contribution in [0.4, 0.5) is 0 Å². The number of benzene rings is 2. The highest BCUT2D eigenvalue weighted by Crippen LogP contribution is 2.36. The molecule has 0 fully saturated rings. The average molecular weight is 497 g/mol. The number of aromatic hydroxyl groups is 1. The zero-order valence-electron chi connectivity index (χ0n) is 20.5. The molecule has 1 atom stereocenters. The van der Waals surface area contributed by atoms with Crippen LogP contribution in [0.2, 0.25) is 0 Å². The number of nitrogens with one attached hydrogen (secondary N) is 1. The highest BCUT2D eigenvalue weighted by molar-refractivity contribution is 7.99. The number of unbranched alkanes of at least 4 members (excludes halogenated alkanes) is 5. The molecule has 0 aliphatic heterocycles. The summed E-state index contributed by atoms with van der Waals surface area (Å²) in [6, 6.07) is 16.3. The minimum atomic E-state index is -0.226. The summed E-state index contributed by atoms with van der Waals surface area (Å²) in [4.78, 5) is 11.6. The normalized spacial score (nSPS) is 11.9. The fourth-order valence-corrected chi connectivity index (χ4v) is 5.42. The van der Waals surface area contributed by atoms with Crippen molar-refractivity contribution in [2.75, 3.05) is 12.9 Å². The van der Waals surface area contributed by atoms with Crippen LogP contribution in [0.15, 0.2) is 48.5 Å². The van der Waals surface area contributed by atoms with Crippen LogP contribution in [0.5, 0.6) is 5.75 Å². The number of esters is 1. The third kappa shape index (κ3) is 9.72. The van der Waals surface area contributed by atoms with Gasteiger partial charge >= 0.3 is 5.97 Å². The summed E-state index contributed by atoms with van der Waals surface area (Å²) in [5, 5.41) is 24.6. The Morgan fingerprint density at radius 2 is 1.77 bits per heavy atom. The van der Waals surface area contributed by atoms with Crippen LogP contribution < -0.4 is 0 Å². The maximum atomic E-state index is 11.6. The van der Waals surface area contributed by atoms with Gasteiger partial charge < -0.3 is 9.84 Å². The molecule has 1 aromatic heterocycles. The van der Waals surface area contributed by atoms with E-state index >= 15 is 0 Å². The lowest BCUT2D eigenvalue weighted by Gasteiger charge is -2.20. The van der Waals surface area contributed by atoms with Crippen molar-refractivity contribution in [2.24, 2.45) is 0 Å². The summed E-state index contributed by atoms with van der Waals surface area (Å²) in [5.74, 6) is 1.25. The first-order valence-electron chi connectivity index (χ1n) is 12.4. The molecule has 0 saturated heterocycles. The smallest absolute Gasteiger partial charge is 0.306 e. The molecule has 0 amide bonds. The maximum absolute atomic E-state index is 11.6. The molecule has 0 spiro atoms. The van der Waals surface area contributed by atoms with Gasteiger partial charge in [-0.1, -0.05) is 67.3 Å². The Kier molecular flexibility index (Phi) is 11.6. The van der Waals surface area contributed by atoms with Crippen molar-refractivity contribution in [1.29, 1.82) is 0 Å². The lowest BCUT2D eigenvalue weighted by atomic mass is 9.96. The van der Waals surface area contributed by atoms with Gasteiger partial charge in [-0.3, -0.25) is 4.79 Å². The number of tetrazole rings is 1. The first-order valence-corrected chi connectivity index (χ1v) is 13.5. The quantitative estimate of drug-likeness (QED) is 0.196. The number of aromatic nitrogens is 4. The molecular weight excluding hydrogens is 460 g/mol. The van der Waals surface area contributed by atoms with E-state index in [0.29, 0.717) is 24.4 Å². The fraction of sp³-hybridized carbons (Fsp3) is 0.481. The monoisotopic (exact) mass is 496 g/mol. The molecule has 2 N–H and O–H groups in total. The second kappa shape index (κ2) is 15.2. The summed E-state index contributed by atoms with van der Waals surface area (Å²) in [5.41, 5.74) is 3.73. The van der Waals surface area contributed by atoms with Crippen molar-refractivity contribution in [2.45, 2.75) is 69.5 Å². The number of phenolic OH excluding ortho intramolecular Hbond substituents is 1. The molecule has 7 nitrogen and oxygen atoms in total. The van der Waals surface area contributed by atoms with E-state index in [-0.39, 0.29) is 17.0 Å². The van der Waals surface area contributed by atoms with Gasteiger partial charge in [-0.05, 0) is 54.5 Å². The van der Waals surface area contributed by atoms with Crippen LogP contribution in [0.1, 0.15) is 72.7 Å². The van der Waals surface area contributed by atoms with Crippen molar-refractivity contribution in [3.63, 3.8) is 0 Å². The van der Waals surface area contributed by atoms with Gasteiger partial charge in [0, 0.05) is 17.4 Å².